The van der Waals surface area contributed by atoms with Crippen molar-refractivity contribution < 1.29 is 22.6 Å². The number of nitrogens with one attached hydrogen (secondary N) is 3. The second-order valence-electron chi connectivity index (χ2n) is 5.46. The number of rotatable bonds is 4. The van der Waals surface area contributed by atoms with Crippen LogP contribution in [0.15, 0.2) is 30.6 Å². The Hall–Kier alpha value is -2.79. The normalized spacial score (nSPS) is 14.2. The van der Waals surface area contributed by atoms with E-state index in [-0.39, 0.29) is 22.9 Å². The molecule has 0 bridgehead atoms. The summed E-state index contributed by atoms with van der Waals surface area (Å²) < 4.78 is 48.1. The molecule has 1 aliphatic rings. The standard InChI is InChI=1S/C16H13F3N5O2S/c17-16(18,19)9-1-4-13(22-5-9)23-15(27)24-14(20)12-3-2-10(6-21-12)26-11-7-25-8-11/h1-3,5-6,11H,7-8H2,(H3,20,22,23,24,27). The van der Waals surface area contributed by atoms with Gasteiger partial charge in [-0.25, -0.2) is 9.97 Å². The molecule has 1 aliphatic heterocycles. The summed E-state index contributed by atoms with van der Waals surface area (Å²) in [5.74, 6) is 0.453. The Bertz CT molecular complexity index is 823. The maximum Gasteiger partial charge on any atom is 0.417 e. The first-order valence-electron chi connectivity index (χ1n) is 7.63. The molecule has 1 saturated heterocycles. The van der Waals surface area contributed by atoms with E-state index in [1.54, 1.807) is 12.1 Å². The minimum absolute atomic E-state index is 0.00674. The summed E-state index contributed by atoms with van der Waals surface area (Å²) in [6.45, 7) is 1.07. The molecule has 1 radical (unpaired) electrons. The highest BCUT2D eigenvalue weighted by atomic mass is 32.1. The number of aromatic nitrogens is 2. The Morgan fingerprint density at radius 2 is 2.07 bits per heavy atom. The van der Waals surface area contributed by atoms with E-state index in [1.165, 1.54) is 6.20 Å². The van der Waals surface area contributed by atoms with E-state index in [0.29, 0.717) is 30.9 Å². The fraction of sp³-hybridized carbons (Fsp3) is 0.250. The molecule has 7 nitrogen and oxygen atoms in total. The minimum Gasteiger partial charge on any atom is -0.484 e. The van der Waals surface area contributed by atoms with Gasteiger partial charge in [0, 0.05) is 12.3 Å². The van der Waals surface area contributed by atoms with Crippen molar-refractivity contribution in [1.82, 2.24) is 15.3 Å². The van der Waals surface area contributed by atoms with Crippen LogP contribution in [0.1, 0.15) is 11.3 Å². The van der Waals surface area contributed by atoms with Crippen LogP contribution in [0.3, 0.4) is 0 Å². The number of anilines is 1. The first-order valence-corrected chi connectivity index (χ1v) is 8.04. The zero-order chi connectivity index (χ0) is 19.4. The first kappa shape index (κ1) is 19.0. The van der Waals surface area contributed by atoms with Crippen LogP contribution in [0.5, 0.6) is 5.75 Å². The van der Waals surface area contributed by atoms with Crippen LogP contribution in [0.25, 0.3) is 0 Å². The van der Waals surface area contributed by atoms with Gasteiger partial charge >= 0.3 is 6.18 Å². The highest BCUT2D eigenvalue weighted by Crippen LogP contribution is 2.28. The van der Waals surface area contributed by atoms with Gasteiger partial charge in [-0.2, -0.15) is 13.2 Å². The molecule has 0 unspecified atom stereocenters. The van der Waals surface area contributed by atoms with Gasteiger partial charge in [-0.15, -0.1) is 0 Å². The molecule has 3 rings (SSSR count). The van der Waals surface area contributed by atoms with Crippen LogP contribution >= 0.6 is 12.2 Å². The van der Waals surface area contributed by atoms with Crippen molar-refractivity contribution in [3.05, 3.63) is 47.9 Å². The third-order valence-electron chi connectivity index (χ3n) is 3.40. The predicted octanol–water partition coefficient (Wildman–Crippen LogP) is 2.39. The van der Waals surface area contributed by atoms with Crippen molar-refractivity contribution in [2.75, 3.05) is 18.5 Å². The smallest absolute Gasteiger partial charge is 0.417 e. The topological polar surface area (TPSA) is 92.2 Å². The van der Waals surface area contributed by atoms with Gasteiger partial charge in [0.1, 0.15) is 23.4 Å². The summed E-state index contributed by atoms with van der Waals surface area (Å²) in [5.41, 5.74) is -0.611. The van der Waals surface area contributed by atoms with Gasteiger partial charge in [-0.1, -0.05) is 0 Å². The second kappa shape index (κ2) is 7.84. The Morgan fingerprint density at radius 3 is 2.59 bits per heavy atom. The van der Waals surface area contributed by atoms with E-state index in [1.807, 2.05) is 0 Å². The number of hydrogen-bond donors (Lipinski definition) is 3. The Balaban J connectivity index is 1.53. The van der Waals surface area contributed by atoms with Crippen LogP contribution in [0.2, 0.25) is 0 Å². The van der Waals surface area contributed by atoms with Crippen molar-refractivity contribution >= 4 is 29.0 Å². The zero-order valence-electron chi connectivity index (χ0n) is 13.6. The lowest BCUT2D eigenvalue weighted by atomic mass is 10.3. The van der Waals surface area contributed by atoms with Crippen LogP contribution < -0.4 is 15.4 Å². The van der Waals surface area contributed by atoms with Crippen molar-refractivity contribution in [1.29, 1.82) is 5.41 Å². The molecule has 0 saturated carbocycles. The molecule has 2 aromatic heterocycles. The SMILES string of the molecule is N=C(NC(=S)Nc1[c]cc(C(F)(F)F)cn1)c1ccc(OC2COC2)cn1. The number of pyridine rings is 2. The van der Waals surface area contributed by atoms with E-state index in [4.69, 9.17) is 27.1 Å². The van der Waals surface area contributed by atoms with Gasteiger partial charge in [0.2, 0.25) is 0 Å². The molecule has 11 heteroatoms. The van der Waals surface area contributed by atoms with Crippen LogP contribution in [-0.2, 0) is 10.9 Å². The number of alkyl halides is 3. The molecular formula is C16H13F3N5O2S. The highest BCUT2D eigenvalue weighted by Gasteiger charge is 2.30. The Morgan fingerprint density at radius 1 is 1.30 bits per heavy atom. The van der Waals surface area contributed by atoms with Crippen LogP contribution in [0, 0.1) is 11.5 Å². The molecular weight excluding hydrogens is 383 g/mol. The summed E-state index contributed by atoms with van der Waals surface area (Å²) in [6.07, 6.45) is -2.33. The molecule has 3 heterocycles. The van der Waals surface area contributed by atoms with Gasteiger partial charge in [0.15, 0.2) is 10.9 Å². The summed E-state index contributed by atoms with van der Waals surface area (Å²) in [6, 6.07) is 6.35. The second-order valence-corrected chi connectivity index (χ2v) is 5.87. The third kappa shape index (κ3) is 5.11. The largest absolute Gasteiger partial charge is 0.484 e. The van der Waals surface area contributed by atoms with E-state index in [0.717, 1.165) is 6.07 Å². The fourth-order valence-corrected chi connectivity index (χ4v) is 2.17. The minimum atomic E-state index is -4.49. The van der Waals surface area contributed by atoms with E-state index >= 15 is 0 Å². The molecule has 1 fully saturated rings. The highest BCUT2D eigenvalue weighted by molar-refractivity contribution is 7.80. The summed E-state index contributed by atoms with van der Waals surface area (Å²) >= 11 is 5.01. The molecule has 3 N–H and O–H groups in total. The molecule has 0 atom stereocenters. The fourth-order valence-electron chi connectivity index (χ4n) is 1.97. The molecule has 27 heavy (non-hydrogen) atoms. The Labute approximate surface area is 157 Å². The van der Waals surface area contributed by atoms with E-state index < -0.39 is 11.7 Å². The van der Waals surface area contributed by atoms with Crippen LogP contribution in [-0.4, -0.2) is 40.2 Å². The number of thiocarbonyl (C=S) groups is 1. The number of hydrogen-bond acceptors (Lipinski definition) is 6. The summed E-state index contributed by atoms with van der Waals surface area (Å²) in [4.78, 5) is 7.69. The van der Waals surface area contributed by atoms with Crippen molar-refractivity contribution in [2.24, 2.45) is 0 Å². The molecule has 0 spiro atoms. The lowest BCUT2D eigenvalue weighted by Gasteiger charge is -2.26. The number of ether oxygens (including phenoxy) is 2. The molecule has 0 amide bonds. The van der Waals surface area contributed by atoms with Crippen molar-refractivity contribution in [3.63, 3.8) is 0 Å². The zero-order valence-corrected chi connectivity index (χ0v) is 14.4. The monoisotopic (exact) mass is 396 g/mol. The Kier molecular flexibility index (Phi) is 5.51. The van der Waals surface area contributed by atoms with Crippen molar-refractivity contribution in [3.8, 4) is 5.75 Å². The van der Waals surface area contributed by atoms with Gasteiger partial charge in [-0.3, -0.25) is 5.41 Å². The van der Waals surface area contributed by atoms with Gasteiger partial charge in [0.05, 0.1) is 25.0 Å². The number of nitrogens with zero attached hydrogens (tertiary/aromatic N) is 2. The maximum atomic E-state index is 12.5. The van der Waals surface area contributed by atoms with Gasteiger partial charge < -0.3 is 20.1 Å². The summed E-state index contributed by atoms with van der Waals surface area (Å²) in [5, 5.41) is 13.1. The van der Waals surface area contributed by atoms with Crippen molar-refractivity contribution in [2.45, 2.75) is 12.3 Å². The average molecular weight is 396 g/mol. The van der Waals surface area contributed by atoms with E-state index in [9.17, 15) is 13.2 Å². The predicted molar refractivity (Wildman–Crippen MR) is 93.7 cm³/mol. The molecule has 141 valence electrons. The summed E-state index contributed by atoms with van der Waals surface area (Å²) in [7, 11) is 0. The average Bonchev–Trinajstić information content (AvgIpc) is 2.58. The van der Waals surface area contributed by atoms with Crippen LogP contribution in [0.4, 0.5) is 19.0 Å². The van der Waals surface area contributed by atoms with Gasteiger partial charge in [0.25, 0.3) is 0 Å². The maximum absolute atomic E-state index is 12.5. The number of amidine groups is 1. The first-order chi connectivity index (χ1) is 12.8. The third-order valence-corrected chi connectivity index (χ3v) is 3.60. The quantitative estimate of drug-likeness (QED) is 0.415. The van der Waals surface area contributed by atoms with Gasteiger partial charge in [-0.05, 0) is 30.4 Å². The molecule has 0 aromatic carbocycles. The molecule has 2 aromatic rings. The number of halogens is 3. The lowest BCUT2D eigenvalue weighted by molar-refractivity contribution is -0.137. The lowest BCUT2D eigenvalue weighted by Crippen LogP contribution is -2.38. The van der Waals surface area contributed by atoms with E-state index in [2.05, 4.69) is 26.7 Å². The molecule has 0 aliphatic carbocycles.